The minimum atomic E-state index is -3.84. The zero-order valence-electron chi connectivity index (χ0n) is 6.50. The molecule has 0 saturated carbocycles. The van der Waals surface area contributed by atoms with Crippen LogP contribution in [0.25, 0.3) is 0 Å². The van der Waals surface area contributed by atoms with Crippen molar-refractivity contribution < 1.29 is 22.3 Å². The lowest BCUT2D eigenvalue weighted by atomic mass is 10.1. The lowest BCUT2D eigenvalue weighted by Crippen LogP contribution is -2.50. The smallest absolute Gasteiger partial charge is 0.305 e. The third-order valence-electron chi connectivity index (χ3n) is 1.41. The van der Waals surface area contributed by atoms with Gasteiger partial charge in [0.2, 0.25) is 0 Å². The number of methoxy groups -OCH3 is 1. The predicted octanol–water partition coefficient (Wildman–Crippen LogP) is 2.31. The van der Waals surface area contributed by atoms with Gasteiger partial charge < -0.3 is 4.74 Å². The average molecular weight is 174 g/mol. The maximum absolute atomic E-state index is 12.8. The first kappa shape index (κ1) is 10.7. The summed E-state index contributed by atoms with van der Waals surface area (Å²) in [5.74, 6) is -7.36. The van der Waals surface area contributed by atoms with Crippen molar-refractivity contribution in [2.75, 3.05) is 7.11 Å². The van der Waals surface area contributed by atoms with E-state index in [0.29, 0.717) is 14.0 Å². The number of alkyl halides is 4. The van der Waals surface area contributed by atoms with Gasteiger partial charge in [0.1, 0.15) is 0 Å². The summed E-state index contributed by atoms with van der Waals surface area (Å²) >= 11 is 0. The van der Waals surface area contributed by atoms with E-state index in [0.717, 1.165) is 0 Å². The van der Waals surface area contributed by atoms with Gasteiger partial charge in [0.05, 0.1) is 0 Å². The molecule has 0 saturated heterocycles. The minimum Gasteiger partial charge on any atom is -0.342 e. The summed E-state index contributed by atoms with van der Waals surface area (Å²) in [6, 6.07) is 0. The van der Waals surface area contributed by atoms with Gasteiger partial charge in [0.15, 0.2) is 6.17 Å². The van der Waals surface area contributed by atoms with Crippen LogP contribution in [0.3, 0.4) is 0 Å². The van der Waals surface area contributed by atoms with Crippen molar-refractivity contribution in [1.29, 1.82) is 0 Å². The van der Waals surface area contributed by atoms with Gasteiger partial charge in [-0.05, 0) is 6.92 Å². The summed E-state index contributed by atoms with van der Waals surface area (Å²) in [5.41, 5.74) is 0. The van der Waals surface area contributed by atoms with E-state index in [1.807, 2.05) is 0 Å². The fraction of sp³-hybridized carbons (Fsp3) is 1.00. The highest BCUT2D eigenvalue weighted by Gasteiger charge is 2.56. The molecule has 0 bridgehead atoms. The van der Waals surface area contributed by atoms with Crippen LogP contribution < -0.4 is 0 Å². The van der Waals surface area contributed by atoms with Crippen LogP contribution >= 0.6 is 0 Å². The summed E-state index contributed by atoms with van der Waals surface area (Å²) < 4.78 is 53.4. The zero-order chi connectivity index (χ0) is 9.28. The Balaban J connectivity index is 4.61. The van der Waals surface area contributed by atoms with Crippen LogP contribution in [0, 0.1) is 0 Å². The van der Waals surface area contributed by atoms with E-state index in [1.54, 1.807) is 0 Å². The largest absolute Gasteiger partial charge is 0.342 e. The highest BCUT2D eigenvalue weighted by Crippen LogP contribution is 2.36. The van der Waals surface area contributed by atoms with Crippen molar-refractivity contribution in [3.05, 3.63) is 0 Å². The molecule has 1 nitrogen and oxygen atoms in total. The van der Waals surface area contributed by atoms with Crippen molar-refractivity contribution in [3.8, 4) is 0 Å². The normalized spacial score (nSPS) is 21.0. The molecule has 0 radical (unpaired) electrons. The number of ether oxygens (including phenoxy) is 1. The van der Waals surface area contributed by atoms with Gasteiger partial charge in [0, 0.05) is 14.0 Å². The number of rotatable bonds is 3. The molecule has 0 aliphatic rings. The molecule has 0 aliphatic heterocycles. The molecule has 0 heterocycles. The van der Waals surface area contributed by atoms with Gasteiger partial charge in [-0.1, -0.05) is 0 Å². The van der Waals surface area contributed by atoms with Gasteiger partial charge in [-0.3, -0.25) is 0 Å². The molecule has 0 N–H and O–H groups in total. The number of hydrogen-bond donors (Lipinski definition) is 0. The Bertz CT molecular complexity index is 131. The molecular formula is C6H10F4O. The Morgan fingerprint density at radius 2 is 1.64 bits per heavy atom. The van der Waals surface area contributed by atoms with Crippen LogP contribution in [-0.4, -0.2) is 25.1 Å². The second-order valence-electron chi connectivity index (χ2n) is 2.35. The van der Waals surface area contributed by atoms with Crippen LogP contribution in [0.4, 0.5) is 17.6 Å². The topological polar surface area (TPSA) is 9.23 Å². The Morgan fingerprint density at radius 3 is 1.64 bits per heavy atom. The first-order chi connectivity index (χ1) is 4.75. The van der Waals surface area contributed by atoms with Crippen LogP contribution in [0.1, 0.15) is 13.8 Å². The fourth-order valence-corrected chi connectivity index (χ4v) is 0.691. The van der Waals surface area contributed by atoms with Gasteiger partial charge in [0.25, 0.3) is 0 Å². The van der Waals surface area contributed by atoms with E-state index in [-0.39, 0.29) is 6.92 Å². The molecular weight excluding hydrogens is 164 g/mol. The molecule has 0 aromatic carbocycles. The van der Waals surface area contributed by atoms with Crippen LogP contribution in [0.15, 0.2) is 0 Å². The van der Waals surface area contributed by atoms with Crippen LogP contribution in [0.2, 0.25) is 0 Å². The van der Waals surface area contributed by atoms with Crippen LogP contribution in [-0.2, 0) is 4.74 Å². The Morgan fingerprint density at radius 1 is 1.27 bits per heavy atom. The summed E-state index contributed by atoms with van der Waals surface area (Å²) in [7, 11) is 0.702. The van der Waals surface area contributed by atoms with Gasteiger partial charge in [-0.2, -0.15) is 0 Å². The third kappa shape index (κ3) is 1.83. The molecule has 2 atom stereocenters. The van der Waals surface area contributed by atoms with E-state index < -0.39 is 17.9 Å². The molecule has 5 heteroatoms. The maximum Gasteiger partial charge on any atom is 0.305 e. The first-order valence-electron chi connectivity index (χ1n) is 3.01. The van der Waals surface area contributed by atoms with Crippen LogP contribution in [0.5, 0.6) is 0 Å². The third-order valence-corrected chi connectivity index (χ3v) is 1.41. The van der Waals surface area contributed by atoms with E-state index >= 15 is 0 Å². The van der Waals surface area contributed by atoms with Crippen molar-refractivity contribution >= 4 is 0 Å². The second kappa shape index (κ2) is 2.97. The van der Waals surface area contributed by atoms with E-state index in [9.17, 15) is 17.6 Å². The Kier molecular flexibility index (Phi) is 2.88. The van der Waals surface area contributed by atoms with E-state index in [2.05, 4.69) is 4.74 Å². The quantitative estimate of drug-likeness (QED) is 0.596. The summed E-state index contributed by atoms with van der Waals surface area (Å²) in [5, 5.41) is 0. The summed E-state index contributed by atoms with van der Waals surface area (Å²) in [6.45, 7) is 0.952. The molecule has 0 amide bonds. The number of hydrogen-bond acceptors (Lipinski definition) is 1. The predicted molar refractivity (Wildman–Crippen MR) is 32.0 cm³/mol. The molecule has 11 heavy (non-hydrogen) atoms. The SMILES string of the molecule is COC(F)(C(C)F)C(C)(F)F. The van der Waals surface area contributed by atoms with E-state index in [1.165, 1.54) is 0 Å². The van der Waals surface area contributed by atoms with Gasteiger partial charge in [-0.25, -0.2) is 17.6 Å². The lowest BCUT2D eigenvalue weighted by molar-refractivity contribution is -0.283. The molecule has 0 spiro atoms. The number of halogens is 4. The maximum atomic E-state index is 12.8. The van der Waals surface area contributed by atoms with Crippen molar-refractivity contribution in [2.24, 2.45) is 0 Å². The molecule has 0 fully saturated rings. The van der Waals surface area contributed by atoms with Gasteiger partial charge >= 0.3 is 11.8 Å². The molecule has 0 aromatic rings. The standard InChI is InChI=1S/C6H10F4O/c1-4(7)6(10,11-3)5(2,8)9/h4H,1-3H3. The minimum absolute atomic E-state index is 0.270. The van der Waals surface area contributed by atoms with Crippen molar-refractivity contribution in [3.63, 3.8) is 0 Å². The summed E-state index contributed by atoms with van der Waals surface area (Å²) in [6.07, 6.45) is -2.37. The molecule has 0 aliphatic carbocycles. The molecule has 0 aromatic heterocycles. The molecule has 68 valence electrons. The average Bonchev–Trinajstić information content (AvgIpc) is 1.83. The fourth-order valence-electron chi connectivity index (χ4n) is 0.691. The molecule has 2 unspecified atom stereocenters. The van der Waals surface area contributed by atoms with Crippen molar-refractivity contribution in [2.45, 2.75) is 31.8 Å². The first-order valence-corrected chi connectivity index (χ1v) is 3.01. The summed E-state index contributed by atoms with van der Waals surface area (Å²) in [4.78, 5) is 0. The lowest BCUT2D eigenvalue weighted by Gasteiger charge is -2.30. The molecule has 0 rings (SSSR count). The van der Waals surface area contributed by atoms with Crippen molar-refractivity contribution in [1.82, 2.24) is 0 Å². The van der Waals surface area contributed by atoms with Gasteiger partial charge in [-0.15, -0.1) is 0 Å². The Hall–Kier alpha value is -0.320. The van der Waals surface area contributed by atoms with E-state index in [4.69, 9.17) is 0 Å². The highest BCUT2D eigenvalue weighted by atomic mass is 19.3. The highest BCUT2D eigenvalue weighted by molar-refractivity contribution is 4.86. The second-order valence-corrected chi connectivity index (χ2v) is 2.35. The zero-order valence-corrected chi connectivity index (χ0v) is 6.50. The monoisotopic (exact) mass is 174 g/mol. The Labute approximate surface area is 62.3 Å².